The first-order valence-corrected chi connectivity index (χ1v) is 24.6. The summed E-state index contributed by atoms with van der Waals surface area (Å²) in [7, 11) is 1.61. The van der Waals surface area contributed by atoms with Crippen LogP contribution < -0.4 is 9.47 Å². The van der Waals surface area contributed by atoms with Crippen molar-refractivity contribution in [2.45, 2.75) is 159 Å². The van der Waals surface area contributed by atoms with Crippen LogP contribution in [0.2, 0.25) is 0 Å². The quantitative estimate of drug-likeness (QED) is 0.0329. The summed E-state index contributed by atoms with van der Waals surface area (Å²) < 4.78 is 20.7. The third-order valence-electron chi connectivity index (χ3n) is 12.9. The molecule has 2 aliphatic carbocycles. The Morgan fingerprint density at radius 2 is 1.54 bits per heavy atom. The lowest BCUT2D eigenvalue weighted by molar-refractivity contribution is -0.384. The Bertz CT molecular complexity index is 1700. The van der Waals surface area contributed by atoms with Crippen LogP contribution in [0.25, 0.3) is 0 Å². The number of aliphatic hydroxyl groups excluding tert-OH is 2. The van der Waals surface area contributed by atoms with E-state index in [0.717, 1.165) is 66.9 Å². The van der Waals surface area contributed by atoms with Crippen LogP contribution in [0.5, 0.6) is 17.2 Å². The number of non-ortho nitro benzene ring substituents is 1. The fourth-order valence-corrected chi connectivity index (χ4v) is 11.4. The first kappa shape index (κ1) is 48.6. The Hall–Kier alpha value is -3.38. The van der Waals surface area contributed by atoms with Crippen LogP contribution in [0, 0.1) is 27.9 Å². The fourth-order valence-electron chi connectivity index (χ4n) is 9.97. The zero-order valence-electron chi connectivity index (χ0n) is 37.1. The number of nitro benzene ring substituents is 1. The van der Waals surface area contributed by atoms with Crippen LogP contribution >= 0.6 is 11.8 Å². The number of ether oxygens (including phenoxy) is 3. The summed E-state index contributed by atoms with van der Waals surface area (Å²) in [6.45, 7) is 6.92. The van der Waals surface area contributed by atoms with Gasteiger partial charge in [0.15, 0.2) is 0 Å². The first-order valence-electron chi connectivity index (χ1n) is 23.6. The molecule has 2 aromatic rings. The van der Waals surface area contributed by atoms with Crippen molar-refractivity contribution in [3.63, 3.8) is 0 Å². The first-order chi connectivity index (χ1) is 29.9. The molecule has 61 heavy (non-hydrogen) atoms. The Labute approximate surface area is 370 Å². The normalized spacial score (nSPS) is 23.4. The molecule has 11 heteroatoms. The molecule has 10 nitrogen and oxygen atoms in total. The Morgan fingerprint density at radius 3 is 2.18 bits per heavy atom. The third-order valence-corrected chi connectivity index (χ3v) is 14.3. The van der Waals surface area contributed by atoms with Gasteiger partial charge in [0.05, 0.1) is 34.5 Å². The summed E-state index contributed by atoms with van der Waals surface area (Å²) in [6.07, 6.45) is 28.3. The maximum Gasteiger partial charge on any atom is 0.273 e. The lowest BCUT2D eigenvalue weighted by Gasteiger charge is -2.58. The molecule has 0 saturated heterocycles. The standard InChI is InChI=1S/C50H74N2O8S/c1-4-6-7-8-9-10-11-12-13-14-15-16-17-22-33-61-47-37-45(51-57-3)43-34-38(24-18-20-30-53)42(27-19-21-31-54)48-44-36-41(59-40-26-23-25-39(35-40)52(55)56)28-29-46(44)60-50(47,49(43)48)58-32-5-2/h5,23,25-26,28-29,34-36,38,42,47-49,53-54H,2,4,6-22,24,27,30-33,37H2,1,3H3/t38-,42+,47-,48+,49+,50+/m0/s1. The summed E-state index contributed by atoms with van der Waals surface area (Å²) in [4.78, 5) is 16.7. The number of nitro groups is 1. The maximum absolute atomic E-state index is 11.6. The van der Waals surface area contributed by atoms with Gasteiger partial charge < -0.3 is 29.3 Å². The molecule has 3 aliphatic rings. The number of allylic oxidation sites excluding steroid dienone is 1. The number of fused-ring (bicyclic) bond motifs is 2. The molecule has 0 radical (unpaired) electrons. The average Bonchev–Trinajstić information content (AvgIpc) is 3.26. The van der Waals surface area contributed by atoms with Gasteiger partial charge >= 0.3 is 0 Å². The van der Waals surface area contributed by atoms with Gasteiger partial charge in [-0.3, -0.25) is 10.1 Å². The van der Waals surface area contributed by atoms with Gasteiger partial charge in [-0.1, -0.05) is 127 Å². The van der Waals surface area contributed by atoms with Gasteiger partial charge in [-0.15, -0.1) is 6.58 Å². The highest BCUT2D eigenvalue weighted by atomic mass is 32.2. The minimum atomic E-state index is -1.02. The van der Waals surface area contributed by atoms with Gasteiger partial charge in [0, 0.05) is 37.2 Å². The van der Waals surface area contributed by atoms with E-state index in [9.17, 15) is 20.3 Å². The summed E-state index contributed by atoms with van der Waals surface area (Å²) in [5, 5.41) is 35.9. The van der Waals surface area contributed by atoms with Crippen LogP contribution in [0.1, 0.15) is 153 Å². The number of rotatable bonds is 31. The topological polar surface area (TPSA) is 133 Å². The van der Waals surface area contributed by atoms with Gasteiger partial charge in [-0.05, 0) is 79.5 Å². The number of hydrogen-bond donors (Lipinski definition) is 2. The van der Waals surface area contributed by atoms with E-state index in [4.69, 9.17) is 24.2 Å². The lowest BCUT2D eigenvalue weighted by Crippen LogP contribution is -2.64. The molecule has 0 aromatic heterocycles. The summed E-state index contributed by atoms with van der Waals surface area (Å²) >= 11 is 1.92. The van der Waals surface area contributed by atoms with E-state index in [-0.39, 0.29) is 47.8 Å². The second-order valence-electron chi connectivity index (χ2n) is 17.3. The van der Waals surface area contributed by atoms with E-state index in [1.807, 2.05) is 30.0 Å². The number of thioether (sulfide) groups is 1. The molecular formula is C50H74N2O8S. The zero-order valence-corrected chi connectivity index (χ0v) is 37.9. The van der Waals surface area contributed by atoms with Crippen molar-refractivity contribution in [1.82, 2.24) is 0 Å². The number of oxime groups is 1. The molecule has 1 saturated carbocycles. The van der Waals surface area contributed by atoms with Crippen molar-refractivity contribution in [1.29, 1.82) is 0 Å². The second kappa shape index (κ2) is 26.3. The van der Waals surface area contributed by atoms with E-state index in [0.29, 0.717) is 30.9 Å². The highest BCUT2D eigenvalue weighted by Crippen LogP contribution is 2.62. The number of aliphatic hydroxyl groups is 2. The molecular weight excluding hydrogens is 789 g/mol. The summed E-state index contributed by atoms with van der Waals surface area (Å²) in [5.41, 5.74) is 2.98. The van der Waals surface area contributed by atoms with Crippen molar-refractivity contribution < 1.29 is 34.2 Å². The van der Waals surface area contributed by atoms with E-state index in [2.05, 4.69) is 19.6 Å². The highest BCUT2D eigenvalue weighted by molar-refractivity contribution is 8.00. The third kappa shape index (κ3) is 13.6. The highest BCUT2D eigenvalue weighted by Gasteiger charge is 2.64. The van der Waals surface area contributed by atoms with Crippen molar-refractivity contribution >= 4 is 23.2 Å². The fraction of sp³-hybridized carbons (Fsp3) is 0.660. The molecule has 0 unspecified atom stereocenters. The van der Waals surface area contributed by atoms with Crippen LogP contribution in [-0.4, -0.2) is 64.6 Å². The molecule has 1 fully saturated rings. The van der Waals surface area contributed by atoms with Gasteiger partial charge in [0.2, 0.25) is 5.79 Å². The van der Waals surface area contributed by atoms with E-state index < -0.39 is 10.7 Å². The smallest absolute Gasteiger partial charge is 0.273 e. The molecule has 5 rings (SSSR count). The molecule has 2 N–H and O–H groups in total. The Kier molecular flexibility index (Phi) is 21.0. The minimum Gasteiger partial charge on any atom is -0.460 e. The number of unbranched alkanes of at least 4 members (excludes halogenated alkanes) is 15. The lowest BCUT2D eigenvalue weighted by atomic mass is 9.56. The molecule has 6 atom stereocenters. The average molecular weight is 863 g/mol. The number of hydrogen-bond acceptors (Lipinski definition) is 10. The molecule has 0 amide bonds. The van der Waals surface area contributed by atoms with Crippen LogP contribution in [0.4, 0.5) is 5.69 Å². The molecule has 0 spiro atoms. The SMILES string of the molecule is C=CCO[C@@]12Oc3ccc(Oc4cccc([N+](=O)[O-])c4)cc3[C@H]3[C@H](CCCCO)[C@@H](CCCCO)C=C(C(=NOC)C[C@@H]1SCCCCCCCCCCCCCCCC)[C@H]32. The number of nitrogens with zero attached hydrogens (tertiary/aromatic N) is 2. The maximum atomic E-state index is 11.6. The summed E-state index contributed by atoms with van der Waals surface area (Å²) in [5.74, 6) is 1.71. The van der Waals surface area contributed by atoms with Crippen molar-refractivity contribution in [2.24, 2.45) is 22.9 Å². The molecule has 2 aromatic carbocycles. The van der Waals surface area contributed by atoms with Gasteiger partial charge in [-0.2, -0.15) is 11.8 Å². The second-order valence-corrected chi connectivity index (χ2v) is 18.6. The zero-order chi connectivity index (χ0) is 43.3. The Balaban J connectivity index is 1.41. The van der Waals surface area contributed by atoms with Crippen molar-refractivity contribution in [3.8, 4) is 17.2 Å². The van der Waals surface area contributed by atoms with Crippen molar-refractivity contribution in [2.75, 3.05) is 32.7 Å². The van der Waals surface area contributed by atoms with Gasteiger partial charge in [0.1, 0.15) is 24.4 Å². The van der Waals surface area contributed by atoms with Crippen molar-refractivity contribution in [3.05, 3.63) is 82.4 Å². The predicted octanol–water partition coefficient (Wildman–Crippen LogP) is 12.9. The van der Waals surface area contributed by atoms with Crippen LogP contribution in [-0.2, 0) is 9.57 Å². The van der Waals surface area contributed by atoms with E-state index in [1.54, 1.807) is 25.3 Å². The molecule has 1 aliphatic heterocycles. The minimum absolute atomic E-state index is 0.0375. The van der Waals surface area contributed by atoms with E-state index in [1.165, 1.54) is 95.6 Å². The van der Waals surface area contributed by atoms with Crippen LogP contribution in [0.3, 0.4) is 0 Å². The van der Waals surface area contributed by atoms with Gasteiger partial charge in [-0.25, -0.2) is 0 Å². The number of benzene rings is 2. The van der Waals surface area contributed by atoms with Crippen LogP contribution in [0.15, 0.2) is 71.9 Å². The summed E-state index contributed by atoms with van der Waals surface area (Å²) in [6, 6.07) is 12.1. The molecule has 0 bridgehead atoms. The Morgan fingerprint density at radius 1 is 0.885 bits per heavy atom. The largest absolute Gasteiger partial charge is 0.460 e. The van der Waals surface area contributed by atoms with E-state index >= 15 is 0 Å². The molecule has 1 heterocycles. The van der Waals surface area contributed by atoms with Gasteiger partial charge in [0.25, 0.3) is 5.69 Å². The monoisotopic (exact) mass is 863 g/mol. The molecule has 338 valence electrons. The predicted molar refractivity (Wildman–Crippen MR) is 248 cm³/mol.